The molecule has 0 aromatic carbocycles. The fraction of sp³-hybridized carbons (Fsp3) is 1.00. The molecule has 2 bridgehead atoms. The lowest BCUT2D eigenvalue weighted by molar-refractivity contribution is -0.229. The molecule has 0 radical (unpaired) electrons. The predicted molar refractivity (Wildman–Crippen MR) is 90.0 cm³/mol. The monoisotopic (exact) mass is 322 g/mol. The van der Waals surface area contributed by atoms with E-state index in [-0.39, 0.29) is 35.2 Å². The Labute approximate surface area is 140 Å². The van der Waals surface area contributed by atoms with E-state index in [1.54, 1.807) is 0 Å². The third-order valence-electron chi connectivity index (χ3n) is 8.74. The summed E-state index contributed by atoms with van der Waals surface area (Å²) in [5.74, 6) is 1.02. The summed E-state index contributed by atoms with van der Waals surface area (Å²) in [6.07, 6.45) is 7.45. The van der Waals surface area contributed by atoms with Gasteiger partial charge in [0, 0.05) is 5.41 Å². The Bertz CT molecular complexity index is 503. The fourth-order valence-electron chi connectivity index (χ4n) is 7.55. The first kappa shape index (κ1) is 16.4. The Balaban J connectivity index is 1.75. The standard InChI is InChI=1S/C20H34O3/c1-17(2)8-7-15(22)19(4)13(17)6-10-20-12-18(3,9-5-14(19)20)16(11-21)23-20/h13-16,21-22H,5-12H2,1-4H3/t13-,14+,15+,16+,18-,19-,20-/m1/s1. The van der Waals surface area contributed by atoms with Crippen LogP contribution < -0.4 is 0 Å². The van der Waals surface area contributed by atoms with E-state index < -0.39 is 0 Å². The van der Waals surface area contributed by atoms with Crippen LogP contribution in [-0.4, -0.2) is 34.6 Å². The van der Waals surface area contributed by atoms with E-state index in [4.69, 9.17) is 4.74 Å². The van der Waals surface area contributed by atoms with Gasteiger partial charge in [0.15, 0.2) is 0 Å². The molecule has 3 aliphatic carbocycles. The average molecular weight is 322 g/mol. The normalized spacial score (nSPS) is 57.7. The molecule has 0 aromatic rings. The molecular weight excluding hydrogens is 288 g/mol. The van der Waals surface area contributed by atoms with Gasteiger partial charge in [-0.05, 0) is 67.6 Å². The third kappa shape index (κ3) is 1.93. The fourth-order valence-corrected chi connectivity index (χ4v) is 7.55. The van der Waals surface area contributed by atoms with E-state index in [1.807, 2.05) is 0 Å². The van der Waals surface area contributed by atoms with Gasteiger partial charge in [0.05, 0.1) is 24.4 Å². The molecule has 23 heavy (non-hydrogen) atoms. The van der Waals surface area contributed by atoms with Crippen molar-refractivity contribution in [2.75, 3.05) is 6.61 Å². The second kappa shape index (κ2) is 4.74. The van der Waals surface area contributed by atoms with Gasteiger partial charge in [-0.15, -0.1) is 0 Å². The Morgan fingerprint density at radius 2 is 1.65 bits per heavy atom. The van der Waals surface area contributed by atoms with Crippen LogP contribution in [0.1, 0.15) is 72.6 Å². The second-order valence-corrected chi connectivity index (χ2v) is 10.3. The van der Waals surface area contributed by atoms with Gasteiger partial charge in [-0.3, -0.25) is 0 Å². The van der Waals surface area contributed by atoms with Gasteiger partial charge in [0.25, 0.3) is 0 Å². The average Bonchev–Trinajstić information content (AvgIpc) is 2.69. The molecule has 3 nitrogen and oxygen atoms in total. The number of fused-ring (bicyclic) bond motifs is 3. The first-order valence-corrected chi connectivity index (χ1v) is 9.65. The molecule has 1 spiro atoms. The number of hydrogen-bond acceptors (Lipinski definition) is 3. The van der Waals surface area contributed by atoms with Crippen molar-refractivity contribution >= 4 is 0 Å². The number of aliphatic hydroxyl groups is 2. The van der Waals surface area contributed by atoms with Gasteiger partial charge < -0.3 is 14.9 Å². The molecule has 1 aliphatic heterocycles. The van der Waals surface area contributed by atoms with E-state index in [0.29, 0.717) is 17.3 Å². The Kier molecular flexibility index (Phi) is 3.37. The zero-order valence-corrected chi connectivity index (χ0v) is 15.3. The van der Waals surface area contributed by atoms with Gasteiger partial charge in [-0.25, -0.2) is 0 Å². The van der Waals surface area contributed by atoms with E-state index in [1.165, 1.54) is 0 Å². The molecule has 4 aliphatic rings. The highest BCUT2D eigenvalue weighted by Gasteiger charge is 2.69. The topological polar surface area (TPSA) is 49.7 Å². The second-order valence-electron chi connectivity index (χ2n) is 10.3. The minimum absolute atomic E-state index is 0.0126. The van der Waals surface area contributed by atoms with Crippen LogP contribution in [0.25, 0.3) is 0 Å². The summed E-state index contributed by atoms with van der Waals surface area (Å²) < 4.78 is 6.60. The molecule has 4 fully saturated rings. The molecule has 0 unspecified atom stereocenters. The molecule has 3 heteroatoms. The molecule has 7 atom stereocenters. The first-order chi connectivity index (χ1) is 10.7. The molecule has 2 N–H and O–H groups in total. The number of aliphatic hydroxyl groups excluding tert-OH is 2. The van der Waals surface area contributed by atoms with Crippen molar-refractivity contribution in [1.82, 2.24) is 0 Å². The van der Waals surface area contributed by atoms with Crippen molar-refractivity contribution in [1.29, 1.82) is 0 Å². The highest BCUT2D eigenvalue weighted by atomic mass is 16.5. The quantitative estimate of drug-likeness (QED) is 0.776. The van der Waals surface area contributed by atoms with Crippen LogP contribution in [-0.2, 0) is 4.74 Å². The SMILES string of the molecule is CC1(C)CC[C@H](O)[C@]2(C)[C@@H]1CC[C@@]13C[C@@](C)(CC[C@H]12)[C@H](CO)O3. The van der Waals surface area contributed by atoms with Crippen molar-refractivity contribution in [2.45, 2.75) is 90.4 Å². The maximum Gasteiger partial charge on any atom is 0.0867 e. The minimum Gasteiger partial charge on any atom is -0.394 e. The van der Waals surface area contributed by atoms with Crippen LogP contribution in [0.15, 0.2) is 0 Å². The van der Waals surface area contributed by atoms with E-state index >= 15 is 0 Å². The van der Waals surface area contributed by atoms with Crippen molar-refractivity contribution in [3.8, 4) is 0 Å². The molecule has 1 saturated heterocycles. The van der Waals surface area contributed by atoms with Crippen molar-refractivity contribution in [2.24, 2.45) is 28.1 Å². The number of hydrogen-bond donors (Lipinski definition) is 2. The largest absolute Gasteiger partial charge is 0.394 e. The summed E-state index contributed by atoms with van der Waals surface area (Å²) in [7, 11) is 0. The molecule has 132 valence electrons. The Morgan fingerprint density at radius 1 is 0.957 bits per heavy atom. The summed E-state index contributed by atoms with van der Waals surface area (Å²) in [6, 6.07) is 0. The van der Waals surface area contributed by atoms with Crippen molar-refractivity contribution < 1.29 is 14.9 Å². The van der Waals surface area contributed by atoms with Crippen LogP contribution in [0.5, 0.6) is 0 Å². The van der Waals surface area contributed by atoms with Crippen LogP contribution in [0, 0.1) is 28.1 Å². The number of ether oxygens (including phenoxy) is 1. The van der Waals surface area contributed by atoms with E-state index in [2.05, 4.69) is 27.7 Å². The molecule has 0 amide bonds. The lowest BCUT2D eigenvalue weighted by atomic mass is 9.41. The molecule has 3 saturated carbocycles. The van der Waals surface area contributed by atoms with Crippen LogP contribution >= 0.6 is 0 Å². The van der Waals surface area contributed by atoms with Gasteiger partial charge >= 0.3 is 0 Å². The van der Waals surface area contributed by atoms with Gasteiger partial charge in [-0.1, -0.05) is 27.7 Å². The summed E-state index contributed by atoms with van der Waals surface area (Å²) in [5, 5.41) is 20.9. The Morgan fingerprint density at radius 3 is 2.35 bits per heavy atom. The van der Waals surface area contributed by atoms with Crippen LogP contribution in [0.4, 0.5) is 0 Å². The summed E-state index contributed by atoms with van der Waals surface area (Å²) in [5.41, 5.74) is 0.306. The smallest absolute Gasteiger partial charge is 0.0867 e. The van der Waals surface area contributed by atoms with Gasteiger partial charge in [-0.2, -0.15) is 0 Å². The molecular formula is C20H34O3. The van der Waals surface area contributed by atoms with Crippen molar-refractivity contribution in [3.05, 3.63) is 0 Å². The van der Waals surface area contributed by atoms with Crippen LogP contribution in [0.2, 0.25) is 0 Å². The maximum atomic E-state index is 11.0. The third-order valence-corrected chi connectivity index (χ3v) is 8.74. The van der Waals surface area contributed by atoms with E-state index in [9.17, 15) is 10.2 Å². The summed E-state index contributed by atoms with van der Waals surface area (Å²) >= 11 is 0. The first-order valence-electron chi connectivity index (χ1n) is 9.65. The Hall–Kier alpha value is -0.120. The molecule has 4 rings (SSSR count). The van der Waals surface area contributed by atoms with E-state index in [0.717, 1.165) is 44.9 Å². The zero-order valence-electron chi connectivity index (χ0n) is 15.3. The van der Waals surface area contributed by atoms with Crippen LogP contribution in [0.3, 0.4) is 0 Å². The summed E-state index contributed by atoms with van der Waals surface area (Å²) in [6.45, 7) is 9.60. The maximum absolute atomic E-state index is 11.0. The lowest BCUT2D eigenvalue weighted by Crippen LogP contribution is -2.64. The lowest BCUT2D eigenvalue weighted by Gasteiger charge is -2.64. The summed E-state index contributed by atoms with van der Waals surface area (Å²) in [4.78, 5) is 0. The van der Waals surface area contributed by atoms with Gasteiger partial charge in [0.1, 0.15) is 0 Å². The highest BCUT2D eigenvalue weighted by Crippen LogP contribution is 2.70. The number of rotatable bonds is 1. The zero-order chi connectivity index (χ0) is 16.7. The predicted octanol–water partition coefficient (Wildman–Crippen LogP) is 3.52. The highest BCUT2D eigenvalue weighted by molar-refractivity contribution is 5.18. The van der Waals surface area contributed by atoms with Crippen molar-refractivity contribution in [3.63, 3.8) is 0 Å². The van der Waals surface area contributed by atoms with Gasteiger partial charge in [0.2, 0.25) is 0 Å². The minimum atomic E-state index is -0.205. The molecule has 1 heterocycles. The molecule has 0 aromatic heterocycles.